The summed E-state index contributed by atoms with van der Waals surface area (Å²) in [5, 5.41) is 2.47. The lowest BCUT2D eigenvalue weighted by molar-refractivity contribution is 0.209. The lowest BCUT2D eigenvalue weighted by atomic mass is 9.90. The Bertz CT molecular complexity index is 594. The van der Waals surface area contributed by atoms with Crippen LogP contribution in [0.4, 0.5) is 0 Å². The van der Waals surface area contributed by atoms with Crippen LogP contribution >= 0.6 is 0 Å². The second-order valence-corrected chi connectivity index (χ2v) is 5.72. The van der Waals surface area contributed by atoms with Crippen LogP contribution in [-0.4, -0.2) is 6.61 Å². The van der Waals surface area contributed by atoms with Gasteiger partial charge in [0.1, 0.15) is 5.75 Å². The summed E-state index contributed by atoms with van der Waals surface area (Å²) in [5.41, 5.74) is 1.12. The lowest BCUT2D eigenvalue weighted by Gasteiger charge is -2.22. The van der Waals surface area contributed by atoms with Gasteiger partial charge >= 0.3 is 0 Å². The van der Waals surface area contributed by atoms with Gasteiger partial charge in [-0.05, 0) is 35.6 Å². The van der Waals surface area contributed by atoms with Gasteiger partial charge in [-0.25, -0.2) is 0 Å². The summed E-state index contributed by atoms with van der Waals surface area (Å²) >= 11 is 0. The van der Waals surface area contributed by atoms with Crippen LogP contribution in [0, 0.1) is 5.92 Å². The fourth-order valence-corrected chi connectivity index (χ4v) is 3.17. The van der Waals surface area contributed by atoms with Crippen LogP contribution in [0.25, 0.3) is 16.8 Å². The summed E-state index contributed by atoms with van der Waals surface area (Å²) in [7, 11) is 0. The number of hydrogen-bond acceptors (Lipinski definition) is 1. The summed E-state index contributed by atoms with van der Waals surface area (Å²) in [6, 6.07) is 12.6. The molecule has 104 valence electrons. The van der Waals surface area contributed by atoms with Crippen molar-refractivity contribution in [2.75, 3.05) is 6.61 Å². The second kappa shape index (κ2) is 6.13. The first-order valence-corrected chi connectivity index (χ1v) is 7.65. The molecule has 0 radical (unpaired) electrons. The fraction of sp³-hybridized carbons (Fsp3) is 0.368. The molecule has 0 unspecified atom stereocenters. The molecule has 0 bridgehead atoms. The van der Waals surface area contributed by atoms with E-state index in [4.69, 9.17) is 4.74 Å². The van der Waals surface area contributed by atoms with E-state index in [-0.39, 0.29) is 0 Å². The van der Waals surface area contributed by atoms with Crippen molar-refractivity contribution in [3.63, 3.8) is 0 Å². The minimum Gasteiger partial charge on any atom is -0.493 e. The minimum absolute atomic E-state index is 0.730. The maximum absolute atomic E-state index is 6.10. The quantitative estimate of drug-likeness (QED) is 0.715. The topological polar surface area (TPSA) is 9.23 Å². The van der Waals surface area contributed by atoms with E-state index in [0.29, 0.717) is 0 Å². The first-order valence-electron chi connectivity index (χ1n) is 7.65. The van der Waals surface area contributed by atoms with Crippen molar-refractivity contribution < 1.29 is 4.74 Å². The average Bonchev–Trinajstić information content (AvgIpc) is 2.53. The molecule has 20 heavy (non-hydrogen) atoms. The Morgan fingerprint density at radius 1 is 1.05 bits per heavy atom. The Kier molecular flexibility index (Phi) is 4.05. The molecule has 0 aliphatic heterocycles. The summed E-state index contributed by atoms with van der Waals surface area (Å²) < 4.78 is 6.10. The van der Waals surface area contributed by atoms with E-state index in [9.17, 15) is 0 Å². The third-order valence-electron chi connectivity index (χ3n) is 4.33. The van der Waals surface area contributed by atoms with E-state index >= 15 is 0 Å². The molecule has 0 saturated heterocycles. The van der Waals surface area contributed by atoms with Gasteiger partial charge < -0.3 is 4.74 Å². The summed E-state index contributed by atoms with van der Waals surface area (Å²) in [6.07, 6.45) is 8.66. The van der Waals surface area contributed by atoms with Gasteiger partial charge in [0.15, 0.2) is 0 Å². The molecule has 0 aromatic heterocycles. The molecule has 1 saturated carbocycles. The van der Waals surface area contributed by atoms with E-state index < -0.39 is 0 Å². The zero-order chi connectivity index (χ0) is 13.8. The maximum Gasteiger partial charge on any atom is 0.127 e. The van der Waals surface area contributed by atoms with Gasteiger partial charge in [0.25, 0.3) is 0 Å². The summed E-state index contributed by atoms with van der Waals surface area (Å²) in [4.78, 5) is 0. The van der Waals surface area contributed by atoms with E-state index in [1.807, 2.05) is 6.08 Å². The highest BCUT2D eigenvalue weighted by molar-refractivity contribution is 5.92. The number of rotatable bonds is 4. The van der Waals surface area contributed by atoms with Crippen molar-refractivity contribution >= 4 is 16.8 Å². The normalized spacial score (nSPS) is 16.2. The highest BCUT2D eigenvalue weighted by atomic mass is 16.5. The van der Waals surface area contributed by atoms with E-state index in [2.05, 4.69) is 43.0 Å². The number of hydrogen-bond donors (Lipinski definition) is 0. The van der Waals surface area contributed by atoms with Gasteiger partial charge in [0.05, 0.1) is 6.61 Å². The molecule has 1 nitrogen and oxygen atoms in total. The monoisotopic (exact) mass is 266 g/mol. The molecule has 1 aliphatic rings. The Morgan fingerprint density at radius 3 is 2.65 bits per heavy atom. The SMILES string of the molecule is C=Cc1c(OCC2CCCCC2)ccc2ccccc12. The molecule has 1 aliphatic carbocycles. The van der Waals surface area contributed by atoms with Crippen molar-refractivity contribution in [3.05, 3.63) is 48.5 Å². The van der Waals surface area contributed by atoms with Crippen LogP contribution in [0.3, 0.4) is 0 Å². The largest absolute Gasteiger partial charge is 0.493 e. The molecule has 1 fully saturated rings. The average molecular weight is 266 g/mol. The van der Waals surface area contributed by atoms with Crippen LogP contribution in [-0.2, 0) is 0 Å². The van der Waals surface area contributed by atoms with E-state index in [1.165, 1.54) is 42.9 Å². The van der Waals surface area contributed by atoms with Gasteiger partial charge in [-0.15, -0.1) is 0 Å². The van der Waals surface area contributed by atoms with E-state index in [1.54, 1.807) is 0 Å². The molecular weight excluding hydrogens is 244 g/mol. The zero-order valence-electron chi connectivity index (χ0n) is 12.0. The smallest absolute Gasteiger partial charge is 0.127 e. The van der Waals surface area contributed by atoms with Gasteiger partial charge in [0.2, 0.25) is 0 Å². The number of ether oxygens (including phenoxy) is 1. The molecular formula is C19H22O. The van der Waals surface area contributed by atoms with E-state index in [0.717, 1.165) is 23.8 Å². The lowest BCUT2D eigenvalue weighted by Crippen LogP contribution is -2.15. The third-order valence-corrected chi connectivity index (χ3v) is 4.33. The van der Waals surface area contributed by atoms with Crippen molar-refractivity contribution in [1.29, 1.82) is 0 Å². The maximum atomic E-state index is 6.10. The number of fused-ring (bicyclic) bond motifs is 1. The molecule has 1 heteroatoms. The first-order chi connectivity index (χ1) is 9.88. The van der Waals surface area contributed by atoms with Gasteiger partial charge in [-0.1, -0.05) is 62.2 Å². The molecule has 0 atom stereocenters. The Morgan fingerprint density at radius 2 is 1.85 bits per heavy atom. The van der Waals surface area contributed by atoms with Crippen molar-refractivity contribution in [2.24, 2.45) is 5.92 Å². The Labute approximate surface area is 121 Å². The van der Waals surface area contributed by atoms with Crippen LogP contribution in [0.1, 0.15) is 37.7 Å². The van der Waals surface area contributed by atoms with Gasteiger partial charge in [-0.2, -0.15) is 0 Å². The fourth-order valence-electron chi connectivity index (χ4n) is 3.17. The predicted molar refractivity (Wildman–Crippen MR) is 86.1 cm³/mol. The van der Waals surface area contributed by atoms with Crippen LogP contribution < -0.4 is 4.74 Å². The molecule has 0 amide bonds. The van der Waals surface area contributed by atoms with Crippen LogP contribution in [0.2, 0.25) is 0 Å². The second-order valence-electron chi connectivity index (χ2n) is 5.72. The minimum atomic E-state index is 0.730. The number of benzene rings is 2. The molecule has 3 rings (SSSR count). The molecule has 0 spiro atoms. The van der Waals surface area contributed by atoms with Crippen LogP contribution in [0.5, 0.6) is 5.75 Å². The first kappa shape index (κ1) is 13.2. The Balaban J connectivity index is 1.81. The van der Waals surface area contributed by atoms with Crippen molar-refractivity contribution in [3.8, 4) is 5.75 Å². The molecule has 2 aromatic carbocycles. The molecule has 0 N–H and O–H groups in total. The van der Waals surface area contributed by atoms with Gasteiger partial charge in [0, 0.05) is 5.56 Å². The van der Waals surface area contributed by atoms with Crippen molar-refractivity contribution in [1.82, 2.24) is 0 Å². The highest BCUT2D eigenvalue weighted by Gasteiger charge is 2.15. The highest BCUT2D eigenvalue weighted by Crippen LogP contribution is 2.30. The third kappa shape index (κ3) is 2.72. The predicted octanol–water partition coefficient (Wildman–Crippen LogP) is 5.44. The van der Waals surface area contributed by atoms with Crippen molar-refractivity contribution in [2.45, 2.75) is 32.1 Å². The molecule has 0 heterocycles. The Hall–Kier alpha value is -1.76. The standard InChI is InChI=1S/C19H22O/c1-2-17-18-11-7-6-10-16(18)12-13-19(17)20-14-15-8-4-3-5-9-15/h2,6-7,10-13,15H,1,3-5,8-9,14H2. The van der Waals surface area contributed by atoms with Gasteiger partial charge in [-0.3, -0.25) is 0 Å². The summed E-state index contributed by atoms with van der Waals surface area (Å²) in [6.45, 7) is 4.80. The van der Waals surface area contributed by atoms with Crippen LogP contribution in [0.15, 0.2) is 43.0 Å². The zero-order valence-corrected chi connectivity index (χ0v) is 12.0. The molecule has 2 aromatic rings. The summed E-state index contributed by atoms with van der Waals surface area (Å²) in [5.74, 6) is 1.71.